The number of carbonyl (C=O) groups excluding carboxylic acids is 1. The van der Waals surface area contributed by atoms with E-state index in [0.29, 0.717) is 23.9 Å². The Balaban J connectivity index is 1.53. The van der Waals surface area contributed by atoms with Gasteiger partial charge >= 0.3 is 0 Å². The van der Waals surface area contributed by atoms with E-state index in [1.165, 1.54) is 0 Å². The fraction of sp³-hybridized carbons (Fsp3) is 0.409. The Morgan fingerprint density at radius 1 is 1.31 bits per heavy atom. The largest absolute Gasteiger partial charge is 0.443 e. The van der Waals surface area contributed by atoms with E-state index in [-0.39, 0.29) is 23.6 Å². The van der Waals surface area contributed by atoms with Gasteiger partial charge in [0, 0.05) is 24.1 Å². The molecule has 0 saturated carbocycles. The Hall–Kier alpha value is -2.60. The summed E-state index contributed by atoms with van der Waals surface area (Å²) in [6.07, 6.45) is 5.12. The Morgan fingerprint density at radius 3 is 2.93 bits per heavy atom. The van der Waals surface area contributed by atoms with Gasteiger partial charge in [-0.2, -0.15) is 0 Å². The molecule has 2 aromatic heterocycles. The monoisotopic (exact) mass is 413 g/mol. The molecule has 3 heterocycles. The third-order valence-electron chi connectivity index (χ3n) is 5.22. The minimum absolute atomic E-state index is 0.163. The number of piperidine rings is 1. The average molecular weight is 414 g/mol. The number of benzene rings is 1. The topological polar surface area (TPSA) is 72.4 Å². The van der Waals surface area contributed by atoms with Crippen molar-refractivity contribution in [2.45, 2.75) is 51.5 Å². The Bertz CT molecular complexity index is 995. The van der Waals surface area contributed by atoms with E-state index in [0.717, 1.165) is 36.3 Å². The Labute approximate surface area is 174 Å². The molecule has 1 aliphatic heterocycles. The van der Waals surface area contributed by atoms with Gasteiger partial charge in [-0.3, -0.25) is 4.79 Å². The number of likely N-dealkylation sites (tertiary alicyclic amines) is 1. The molecule has 7 heteroatoms. The highest BCUT2D eigenvalue weighted by molar-refractivity contribution is 6.30. The molecule has 152 valence electrons. The van der Waals surface area contributed by atoms with Crippen molar-refractivity contribution in [2.24, 2.45) is 0 Å². The first-order chi connectivity index (χ1) is 14.0. The molecule has 0 unspecified atom stereocenters. The lowest BCUT2D eigenvalue weighted by Crippen LogP contribution is -2.38. The van der Waals surface area contributed by atoms with Crippen LogP contribution in [0.15, 0.2) is 45.5 Å². The second kappa shape index (κ2) is 8.41. The maximum atomic E-state index is 13.1. The summed E-state index contributed by atoms with van der Waals surface area (Å²) in [5, 5.41) is 4.71. The molecule has 4 rings (SSSR count). The standard InChI is InChI=1S/C22H24ClN3O3/c1-14(2)18-12-20(29-25-18)22(27)26-9-4-3-8-19(26)21-24-13-17(28-21)11-15-6-5-7-16(23)10-15/h5-7,10,12-14,19H,3-4,8-9,11H2,1-2H3/t19-/m1/s1. The Kier molecular flexibility index (Phi) is 5.72. The van der Waals surface area contributed by atoms with Gasteiger partial charge < -0.3 is 13.8 Å². The van der Waals surface area contributed by atoms with Crippen LogP contribution >= 0.6 is 11.6 Å². The van der Waals surface area contributed by atoms with E-state index < -0.39 is 0 Å². The minimum Gasteiger partial charge on any atom is -0.443 e. The minimum atomic E-state index is -0.197. The lowest BCUT2D eigenvalue weighted by atomic mass is 10.0. The number of rotatable bonds is 5. The van der Waals surface area contributed by atoms with Crippen LogP contribution in [-0.2, 0) is 6.42 Å². The average Bonchev–Trinajstić information content (AvgIpc) is 3.37. The van der Waals surface area contributed by atoms with Crippen molar-refractivity contribution in [3.63, 3.8) is 0 Å². The number of oxazole rings is 1. The van der Waals surface area contributed by atoms with Crippen LogP contribution in [0.25, 0.3) is 0 Å². The molecule has 0 bridgehead atoms. The fourth-order valence-electron chi connectivity index (χ4n) is 3.64. The number of halogens is 1. The fourth-order valence-corrected chi connectivity index (χ4v) is 3.85. The van der Waals surface area contributed by atoms with E-state index in [4.69, 9.17) is 20.5 Å². The highest BCUT2D eigenvalue weighted by Crippen LogP contribution is 2.32. The van der Waals surface area contributed by atoms with Crippen molar-refractivity contribution in [1.29, 1.82) is 0 Å². The molecular formula is C22H24ClN3O3. The molecule has 3 aromatic rings. The summed E-state index contributed by atoms with van der Waals surface area (Å²) >= 11 is 6.07. The quantitative estimate of drug-likeness (QED) is 0.560. The maximum absolute atomic E-state index is 13.1. The number of carbonyl (C=O) groups is 1. The van der Waals surface area contributed by atoms with Crippen LogP contribution in [0.2, 0.25) is 5.02 Å². The van der Waals surface area contributed by atoms with Crippen molar-refractivity contribution in [2.75, 3.05) is 6.54 Å². The zero-order valence-electron chi connectivity index (χ0n) is 16.6. The van der Waals surface area contributed by atoms with Gasteiger partial charge in [-0.15, -0.1) is 0 Å². The summed E-state index contributed by atoms with van der Waals surface area (Å²) in [6, 6.07) is 9.21. The van der Waals surface area contributed by atoms with Gasteiger partial charge in [0.2, 0.25) is 11.7 Å². The summed E-state index contributed by atoms with van der Waals surface area (Å²) in [4.78, 5) is 19.3. The number of hydrogen-bond acceptors (Lipinski definition) is 5. The summed E-state index contributed by atoms with van der Waals surface area (Å²) in [6.45, 7) is 4.68. The molecule has 0 N–H and O–H groups in total. The molecule has 6 nitrogen and oxygen atoms in total. The molecule has 1 aliphatic rings. The summed E-state index contributed by atoms with van der Waals surface area (Å²) in [7, 11) is 0. The molecule has 1 fully saturated rings. The maximum Gasteiger partial charge on any atom is 0.293 e. The zero-order valence-corrected chi connectivity index (χ0v) is 17.4. The number of hydrogen-bond donors (Lipinski definition) is 0. The van der Waals surface area contributed by atoms with Crippen molar-refractivity contribution in [1.82, 2.24) is 15.0 Å². The van der Waals surface area contributed by atoms with Crippen LogP contribution < -0.4 is 0 Å². The van der Waals surface area contributed by atoms with E-state index in [2.05, 4.69) is 10.1 Å². The number of nitrogens with zero attached hydrogens (tertiary/aromatic N) is 3. The molecule has 29 heavy (non-hydrogen) atoms. The molecule has 0 aliphatic carbocycles. The van der Waals surface area contributed by atoms with Crippen molar-refractivity contribution in [3.05, 3.63) is 70.2 Å². The number of aromatic nitrogens is 2. The SMILES string of the molecule is CC(C)c1cc(C(=O)N2CCCC[C@@H]2c2ncc(Cc3cccc(Cl)c3)o2)on1. The molecule has 0 spiro atoms. The summed E-state index contributed by atoms with van der Waals surface area (Å²) in [5.74, 6) is 1.63. The first-order valence-electron chi connectivity index (χ1n) is 9.98. The third kappa shape index (κ3) is 4.37. The van der Waals surface area contributed by atoms with Crippen molar-refractivity contribution in [3.8, 4) is 0 Å². The van der Waals surface area contributed by atoms with Crippen LogP contribution in [0.5, 0.6) is 0 Å². The highest BCUT2D eigenvalue weighted by Gasteiger charge is 2.33. The van der Waals surface area contributed by atoms with Crippen LogP contribution in [0.4, 0.5) is 0 Å². The van der Waals surface area contributed by atoms with Crippen LogP contribution in [0.3, 0.4) is 0 Å². The molecular weight excluding hydrogens is 390 g/mol. The van der Waals surface area contributed by atoms with E-state index >= 15 is 0 Å². The summed E-state index contributed by atoms with van der Waals surface area (Å²) < 4.78 is 11.3. The van der Waals surface area contributed by atoms with E-state index in [9.17, 15) is 4.79 Å². The predicted molar refractivity (Wildman–Crippen MR) is 109 cm³/mol. The second-order valence-electron chi connectivity index (χ2n) is 7.75. The first kappa shape index (κ1) is 19.7. The van der Waals surface area contributed by atoms with Gasteiger partial charge in [0.05, 0.1) is 11.9 Å². The summed E-state index contributed by atoms with van der Waals surface area (Å²) in [5.41, 5.74) is 1.83. The molecule has 1 amide bonds. The van der Waals surface area contributed by atoms with Gasteiger partial charge in [-0.25, -0.2) is 4.98 Å². The van der Waals surface area contributed by atoms with Crippen molar-refractivity contribution >= 4 is 17.5 Å². The van der Waals surface area contributed by atoms with Gasteiger partial charge in [-0.05, 0) is 42.9 Å². The smallest absolute Gasteiger partial charge is 0.293 e. The molecule has 1 atom stereocenters. The van der Waals surface area contributed by atoms with Gasteiger partial charge in [0.25, 0.3) is 5.91 Å². The van der Waals surface area contributed by atoms with Crippen LogP contribution in [-0.4, -0.2) is 27.5 Å². The first-order valence-corrected chi connectivity index (χ1v) is 10.4. The molecule has 1 aromatic carbocycles. The van der Waals surface area contributed by atoms with E-state index in [1.54, 1.807) is 17.2 Å². The lowest BCUT2D eigenvalue weighted by Gasteiger charge is -2.32. The lowest BCUT2D eigenvalue weighted by molar-refractivity contribution is 0.0528. The highest BCUT2D eigenvalue weighted by atomic mass is 35.5. The van der Waals surface area contributed by atoms with Crippen LogP contribution in [0, 0.1) is 0 Å². The second-order valence-corrected chi connectivity index (χ2v) is 8.19. The molecule has 1 saturated heterocycles. The number of amides is 1. The third-order valence-corrected chi connectivity index (χ3v) is 5.45. The Morgan fingerprint density at radius 2 is 2.17 bits per heavy atom. The molecule has 0 radical (unpaired) electrons. The van der Waals surface area contributed by atoms with Gasteiger partial charge in [0.1, 0.15) is 11.8 Å². The zero-order chi connectivity index (χ0) is 20.4. The van der Waals surface area contributed by atoms with Gasteiger partial charge in [0.15, 0.2) is 0 Å². The van der Waals surface area contributed by atoms with E-state index in [1.807, 2.05) is 38.1 Å². The van der Waals surface area contributed by atoms with Gasteiger partial charge in [-0.1, -0.05) is 42.7 Å². The predicted octanol–water partition coefficient (Wildman–Crippen LogP) is 5.40. The normalized spacial score (nSPS) is 17.1. The van der Waals surface area contributed by atoms with Crippen molar-refractivity contribution < 1.29 is 13.7 Å². The van der Waals surface area contributed by atoms with Crippen LogP contribution in [0.1, 0.15) is 78.5 Å².